The number of thioether (sulfide) groups is 1. The van der Waals surface area contributed by atoms with Gasteiger partial charge in [-0.25, -0.2) is 4.39 Å². The molecular weight excluding hydrogens is 293 g/mol. The highest BCUT2D eigenvalue weighted by molar-refractivity contribution is 7.99. The summed E-state index contributed by atoms with van der Waals surface area (Å²) in [5.74, 6) is -0.592. The van der Waals surface area contributed by atoms with Gasteiger partial charge in [-0.05, 0) is 18.2 Å². The van der Waals surface area contributed by atoms with Gasteiger partial charge in [0.25, 0.3) is 0 Å². The van der Waals surface area contributed by atoms with Crippen molar-refractivity contribution in [2.45, 2.75) is 6.42 Å². The summed E-state index contributed by atoms with van der Waals surface area (Å²) in [5.41, 5.74) is 0.0902. The molecule has 1 amide bonds. The van der Waals surface area contributed by atoms with E-state index in [1.807, 2.05) is 0 Å². The quantitative estimate of drug-likeness (QED) is 0.648. The second kappa shape index (κ2) is 8.01. The van der Waals surface area contributed by atoms with Gasteiger partial charge in [-0.2, -0.15) is 0 Å². The molecule has 0 heterocycles. The van der Waals surface area contributed by atoms with Crippen LogP contribution in [0.2, 0.25) is 5.02 Å². The van der Waals surface area contributed by atoms with Gasteiger partial charge < -0.3 is 10.1 Å². The van der Waals surface area contributed by atoms with Crippen LogP contribution in [0.4, 0.5) is 10.1 Å². The van der Waals surface area contributed by atoms with E-state index < -0.39 is 5.82 Å². The van der Waals surface area contributed by atoms with Crippen molar-refractivity contribution in [3.8, 4) is 0 Å². The molecule has 0 aromatic heterocycles. The molecule has 0 saturated heterocycles. The smallest absolute Gasteiger partial charge is 0.315 e. The number of carbonyl (C=O) groups excluding carboxylic acids is 2. The standard InChI is InChI=1S/C12H13ClFNO3S/c1-18-12(17)7-19-5-4-11(16)15-10-3-2-8(13)6-9(10)14/h2-3,6H,4-5,7H2,1H3,(H,15,16). The number of carbonyl (C=O) groups is 2. The van der Waals surface area contributed by atoms with Crippen LogP contribution in [0, 0.1) is 5.82 Å². The van der Waals surface area contributed by atoms with Crippen molar-refractivity contribution < 1.29 is 18.7 Å². The van der Waals surface area contributed by atoms with E-state index in [-0.39, 0.29) is 34.8 Å². The van der Waals surface area contributed by atoms with Crippen molar-refractivity contribution in [2.24, 2.45) is 0 Å². The Morgan fingerprint density at radius 2 is 2.21 bits per heavy atom. The molecule has 0 aliphatic rings. The molecule has 0 aliphatic carbocycles. The summed E-state index contributed by atoms with van der Waals surface area (Å²) in [6, 6.07) is 4.02. The maximum absolute atomic E-state index is 13.4. The number of ether oxygens (including phenoxy) is 1. The number of nitrogens with one attached hydrogen (secondary N) is 1. The predicted octanol–water partition coefficient (Wildman–Crippen LogP) is 2.71. The fourth-order valence-electron chi connectivity index (χ4n) is 1.18. The van der Waals surface area contributed by atoms with Crippen molar-refractivity contribution in [3.05, 3.63) is 29.0 Å². The SMILES string of the molecule is COC(=O)CSCCC(=O)Nc1ccc(Cl)cc1F. The van der Waals surface area contributed by atoms with Crippen LogP contribution in [0.1, 0.15) is 6.42 Å². The lowest BCUT2D eigenvalue weighted by Crippen LogP contribution is -2.14. The summed E-state index contributed by atoms with van der Waals surface area (Å²) in [4.78, 5) is 22.3. The number of hydrogen-bond donors (Lipinski definition) is 1. The van der Waals surface area contributed by atoms with Crippen LogP contribution >= 0.6 is 23.4 Å². The molecule has 0 fully saturated rings. The number of hydrogen-bond acceptors (Lipinski definition) is 4. The highest BCUT2D eigenvalue weighted by Gasteiger charge is 2.08. The molecule has 0 bridgehead atoms. The van der Waals surface area contributed by atoms with Crippen molar-refractivity contribution in [2.75, 3.05) is 23.9 Å². The highest BCUT2D eigenvalue weighted by Crippen LogP contribution is 2.19. The highest BCUT2D eigenvalue weighted by atomic mass is 35.5. The monoisotopic (exact) mass is 305 g/mol. The average molecular weight is 306 g/mol. The average Bonchev–Trinajstić information content (AvgIpc) is 2.37. The minimum atomic E-state index is -0.580. The van der Waals surface area contributed by atoms with Crippen LogP contribution in [0.25, 0.3) is 0 Å². The number of methoxy groups -OCH3 is 1. The zero-order chi connectivity index (χ0) is 14.3. The fourth-order valence-corrected chi connectivity index (χ4v) is 2.10. The molecule has 19 heavy (non-hydrogen) atoms. The Balaban J connectivity index is 2.33. The molecule has 104 valence electrons. The maximum Gasteiger partial charge on any atom is 0.315 e. The molecule has 7 heteroatoms. The van der Waals surface area contributed by atoms with E-state index >= 15 is 0 Å². The topological polar surface area (TPSA) is 55.4 Å². The molecule has 0 unspecified atom stereocenters. The summed E-state index contributed by atoms with van der Waals surface area (Å²) in [5, 5.41) is 2.71. The van der Waals surface area contributed by atoms with Crippen LogP contribution in [-0.4, -0.2) is 30.5 Å². The van der Waals surface area contributed by atoms with Crippen molar-refractivity contribution in [3.63, 3.8) is 0 Å². The molecule has 4 nitrogen and oxygen atoms in total. The Morgan fingerprint density at radius 1 is 1.47 bits per heavy atom. The van der Waals surface area contributed by atoms with Gasteiger partial charge in [0.1, 0.15) is 5.82 Å². The number of halogens is 2. The molecular formula is C12H13ClFNO3S. The van der Waals surface area contributed by atoms with E-state index in [2.05, 4.69) is 10.1 Å². The summed E-state index contributed by atoms with van der Waals surface area (Å²) >= 11 is 6.88. The maximum atomic E-state index is 13.4. The third kappa shape index (κ3) is 5.94. The van der Waals surface area contributed by atoms with Crippen LogP contribution in [0.15, 0.2) is 18.2 Å². The van der Waals surface area contributed by atoms with Gasteiger partial charge in [0.2, 0.25) is 5.91 Å². The van der Waals surface area contributed by atoms with Gasteiger partial charge in [0, 0.05) is 17.2 Å². The van der Waals surface area contributed by atoms with E-state index in [1.54, 1.807) is 0 Å². The molecule has 0 spiro atoms. The first-order valence-corrected chi connectivity index (χ1v) is 6.95. The van der Waals surface area contributed by atoms with Gasteiger partial charge in [-0.3, -0.25) is 9.59 Å². The van der Waals surface area contributed by atoms with Gasteiger partial charge in [-0.1, -0.05) is 11.6 Å². The first-order chi connectivity index (χ1) is 9.02. The van der Waals surface area contributed by atoms with Gasteiger partial charge >= 0.3 is 5.97 Å². The number of benzene rings is 1. The largest absolute Gasteiger partial charge is 0.468 e. The molecule has 0 atom stereocenters. The Morgan fingerprint density at radius 3 is 2.84 bits per heavy atom. The van der Waals surface area contributed by atoms with Crippen molar-refractivity contribution >= 4 is 40.9 Å². The molecule has 1 N–H and O–H groups in total. The molecule has 0 aliphatic heterocycles. The second-order valence-electron chi connectivity index (χ2n) is 3.55. The van der Waals surface area contributed by atoms with Crippen LogP contribution < -0.4 is 5.32 Å². The van der Waals surface area contributed by atoms with Crippen molar-refractivity contribution in [1.82, 2.24) is 0 Å². The molecule has 0 radical (unpaired) electrons. The summed E-state index contributed by atoms with van der Waals surface area (Å²) in [6.07, 6.45) is 0.184. The minimum absolute atomic E-state index is 0.0902. The van der Waals surface area contributed by atoms with E-state index in [9.17, 15) is 14.0 Å². The van der Waals surface area contributed by atoms with E-state index in [4.69, 9.17) is 11.6 Å². The zero-order valence-electron chi connectivity index (χ0n) is 10.2. The van der Waals surface area contributed by atoms with Gasteiger partial charge in [-0.15, -0.1) is 11.8 Å². The minimum Gasteiger partial charge on any atom is -0.468 e. The predicted molar refractivity (Wildman–Crippen MR) is 74.0 cm³/mol. The van der Waals surface area contributed by atoms with Gasteiger partial charge in [0.05, 0.1) is 18.6 Å². The van der Waals surface area contributed by atoms with Crippen LogP contribution in [-0.2, 0) is 14.3 Å². The summed E-state index contributed by atoms with van der Waals surface area (Å²) in [6.45, 7) is 0. The van der Waals surface area contributed by atoms with Crippen LogP contribution in [0.3, 0.4) is 0 Å². The molecule has 1 aromatic rings. The molecule has 1 aromatic carbocycles. The second-order valence-corrected chi connectivity index (χ2v) is 5.09. The van der Waals surface area contributed by atoms with E-state index in [0.717, 1.165) is 6.07 Å². The third-order valence-electron chi connectivity index (χ3n) is 2.13. The van der Waals surface area contributed by atoms with Crippen molar-refractivity contribution in [1.29, 1.82) is 0 Å². The summed E-state index contributed by atoms with van der Waals surface area (Å²) in [7, 11) is 1.30. The first-order valence-electron chi connectivity index (χ1n) is 5.42. The Labute approximate surface area is 119 Å². The Hall–Kier alpha value is -1.27. The van der Waals surface area contributed by atoms with E-state index in [1.165, 1.54) is 31.0 Å². The number of anilines is 1. The lowest BCUT2D eigenvalue weighted by molar-refractivity contribution is -0.137. The fraction of sp³-hybridized carbons (Fsp3) is 0.333. The number of amides is 1. The van der Waals surface area contributed by atoms with E-state index in [0.29, 0.717) is 5.75 Å². The Kier molecular flexibility index (Phi) is 6.66. The summed E-state index contributed by atoms with van der Waals surface area (Å²) < 4.78 is 17.8. The molecule has 1 rings (SSSR count). The third-order valence-corrected chi connectivity index (χ3v) is 3.29. The lowest BCUT2D eigenvalue weighted by Gasteiger charge is -2.06. The Bertz CT molecular complexity index is 470. The lowest BCUT2D eigenvalue weighted by atomic mass is 10.3. The molecule has 0 saturated carbocycles. The first kappa shape index (κ1) is 15.8. The number of esters is 1. The number of rotatable bonds is 6. The van der Waals surface area contributed by atoms with Crippen LogP contribution in [0.5, 0.6) is 0 Å². The van der Waals surface area contributed by atoms with Gasteiger partial charge in [0.15, 0.2) is 0 Å². The zero-order valence-corrected chi connectivity index (χ0v) is 11.8. The normalized spacial score (nSPS) is 10.1.